The van der Waals surface area contributed by atoms with Gasteiger partial charge in [-0.3, -0.25) is 4.79 Å². The Bertz CT molecular complexity index is 350. The molecule has 1 aromatic rings. The van der Waals surface area contributed by atoms with Gasteiger partial charge in [-0.05, 0) is 24.6 Å². The molecule has 0 bridgehead atoms. The average Bonchev–Trinajstić information content (AvgIpc) is 2.10. The van der Waals surface area contributed by atoms with Crippen molar-refractivity contribution < 1.29 is 9.18 Å². The van der Waals surface area contributed by atoms with Crippen LogP contribution in [0, 0.1) is 12.7 Å². The molecule has 1 nitrogen and oxygen atoms in total. The fourth-order valence-electron chi connectivity index (χ4n) is 1.01. The van der Waals surface area contributed by atoms with Gasteiger partial charge in [0.05, 0.1) is 5.88 Å². The average molecular weight is 221 g/mol. The maximum absolute atomic E-state index is 12.8. The minimum absolute atomic E-state index is 0.166. The first-order chi connectivity index (χ1) is 6.06. The van der Waals surface area contributed by atoms with E-state index < -0.39 is 5.82 Å². The lowest BCUT2D eigenvalue weighted by Gasteiger charge is -2.04. The molecule has 0 saturated carbocycles. The predicted molar refractivity (Wildman–Crippen MR) is 51.2 cm³/mol. The second-order valence-electron chi connectivity index (χ2n) is 2.62. The van der Waals surface area contributed by atoms with Crippen LogP contribution in [0.15, 0.2) is 12.1 Å². The summed E-state index contributed by atoms with van der Waals surface area (Å²) in [5, 5.41) is 0.244. The third kappa shape index (κ3) is 2.20. The van der Waals surface area contributed by atoms with Crippen molar-refractivity contribution in [2.75, 3.05) is 5.88 Å². The molecule has 0 aromatic heterocycles. The largest absolute Gasteiger partial charge is 0.293 e. The lowest BCUT2D eigenvalue weighted by molar-refractivity contribution is 0.102. The summed E-state index contributed by atoms with van der Waals surface area (Å²) >= 11 is 11.0. The zero-order valence-electron chi connectivity index (χ0n) is 6.90. The van der Waals surface area contributed by atoms with E-state index in [4.69, 9.17) is 23.2 Å². The zero-order valence-corrected chi connectivity index (χ0v) is 8.42. The molecule has 0 heterocycles. The summed E-state index contributed by atoms with van der Waals surface area (Å²) in [6.07, 6.45) is 0. The maximum Gasteiger partial charge on any atom is 0.177 e. The van der Waals surface area contributed by atoms with Gasteiger partial charge in [-0.2, -0.15) is 0 Å². The normalized spacial score (nSPS) is 10.2. The Balaban J connectivity index is 3.28. The summed E-state index contributed by atoms with van der Waals surface area (Å²) in [5.41, 5.74) is 0.814. The minimum atomic E-state index is -0.524. The topological polar surface area (TPSA) is 17.1 Å². The molecule has 0 amide bonds. The van der Waals surface area contributed by atoms with Crippen LogP contribution < -0.4 is 0 Å². The molecule has 0 saturated heterocycles. The summed E-state index contributed by atoms with van der Waals surface area (Å²) in [4.78, 5) is 11.2. The molecule has 0 unspecified atom stereocenters. The van der Waals surface area contributed by atoms with E-state index in [2.05, 4.69) is 0 Å². The third-order valence-electron chi connectivity index (χ3n) is 1.73. The van der Waals surface area contributed by atoms with Gasteiger partial charge in [0.2, 0.25) is 0 Å². The van der Waals surface area contributed by atoms with Gasteiger partial charge < -0.3 is 0 Å². The number of Topliss-reactive ketones (excluding diaryl/α,β-unsaturated/α-hetero) is 1. The van der Waals surface area contributed by atoms with E-state index in [0.29, 0.717) is 5.56 Å². The molecule has 0 atom stereocenters. The predicted octanol–water partition coefficient (Wildman–Crippen LogP) is 3.21. The molecule has 0 fully saturated rings. The van der Waals surface area contributed by atoms with Crippen molar-refractivity contribution in [2.45, 2.75) is 6.92 Å². The molecule has 1 rings (SSSR count). The molecule has 70 valence electrons. The van der Waals surface area contributed by atoms with Gasteiger partial charge in [0.1, 0.15) is 5.82 Å². The van der Waals surface area contributed by atoms with Gasteiger partial charge in [-0.15, -0.1) is 11.6 Å². The second-order valence-corrected chi connectivity index (χ2v) is 3.29. The molecule has 1 aromatic carbocycles. The molecule has 0 aliphatic carbocycles. The number of hydrogen-bond donors (Lipinski definition) is 0. The Kier molecular flexibility index (Phi) is 3.28. The smallest absolute Gasteiger partial charge is 0.177 e. The molecule has 4 heteroatoms. The van der Waals surface area contributed by atoms with E-state index in [9.17, 15) is 9.18 Å². The van der Waals surface area contributed by atoms with Crippen LogP contribution in [0.2, 0.25) is 5.02 Å². The Hall–Kier alpha value is -0.600. The molecular weight excluding hydrogens is 214 g/mol. The quantitative estimate of drug-likeness (QED) is 0.553. The Labute approximate surface area is 85.5 Å². The van der Waals surface area contributed by atoms with Crippen molar-refractivity contribution in [3.8, 4) is 0 Å². The minimum Gasteiger partial charge on any atom is -0.293 e. The van der Waals surface area contributed by atoms with E-state index in [1.54, 1.807) is 6.92 Å². The maximum atomic E-state index is 12.8. The number of halogens is 3. The van der Waals surface area contributed by atoms with Crippen LogP contribution >= 0.6 is 23.2 Å². The highest BCUT2D eigenvalue weighted by atomic mass is 35.5. The highest BCUT2D eigenvalue weighted by Gasteiger charge is 2.11. The van der Waals surface area contributed by atoms with Crippen LogP contribution in [0.25, 0.3) is 0 Å². The number of rotatable bonds is 2. The van der Waals surface area contributed by atoms with Crippen molar-refractivity contribution >= 4 is 29.0 Å². The molecule has 0 radical (unpaired) electrons. The number of ketones is 1. The van der Waals surface area contributed by atoms with E-state index in [-0.39, 0.29) is 22.2 Å². The summed E-state index contributed by atoms with van der Waals surface area (Å²) < 4.78 is 12.8. The zero-order chi connectivity index (χ0) is 10.0. The molecule has 0 aliphatic heterocycles. The van der Waals surface area contributed by atoms with E-state index >= 15 is 0 Å². The number of carbonyl (C=O) groups is 1. The second kappa shape index (κ2) is 4.07. The lowest BCUT2D eigenvalue weighted by atomic mass is 10.1. The van der Waals surface area contributed by atoms with Crippen LogP contribution in [0.5, 0.6) is 0 Å². The van der Waals surface area contributed by atoms with E-state index in [1.807, 2.05) is 0 Å². The number of hydrogen-bond acceptors (Lipinski definition) is 1. The van der Waals surface area contributed by atoms with Gasteiger partial charge in [-0.1, -0.05) is 11.6 Å². The fourth-order valence-corrected chi connectivity index (χ4v) is 1.36. The first-order valence-electron chi connectivity index (χ1n) is 3.61. The Morgan fingerprint density at radius 3 is 2.69 bits per heavy atom. The summed E-state index contributed by atoms with van der Waals surface area (Å²) in [6, 6.07) is 2.31. The summed E-state index contributed by atoms with van der Waals surface area (Å²) in [7, 11) is 0. The third-order valence-corrected chi connectivity index (χ3v) is 2.37. The summed E-state index contributed by atoms with van der Waals surface area (Å²) in [6.45, 7) is 1.65. The molecule has 13 heavy (non-hydrogen) atoms. The lowest BCUT2D eigenvalue weighted by Crippen LogP contribution is -2.04. The van der Waals surface area contributed by atoms with Crippen molar-refractivity contribution in [2.24, 2.45) is 0 Å². The van der Waals surface area contributed by atoms with Crippen LogP contribution in [0.4, 0.5) is 4.39 Å². The SMILES string of the molecule is Cc1c(Cl)cc(F)cc1C(=O)CCl. The number of carbonyl (C=O) groups excluding carboxylic acids is 1. The molecular formula is C9H7Cl2FO. The van der Waals surface area contributed by atoms with E-state index in [1.165, 1.54) is 6.07 Å². The first kappa shape index (κ1) is 10.5. The van der Waals surface area contributed by atoms with Crippen LogP contribution in [0.3, 0.4) is 0 Å². The standard InChI is InChI=1S/C9H7Cl2FO/c1-5-7(9(13)4-10)2-6(12)3-8(5)11/h2-3H,4H2,1H3. The van der Waals surface area contributed by atoms with Crippen LogP contribution in [-0.2, 0) is 0 Å². The highest BCUT2D eigenvalue weighted by Crippen LogP contribution is 2.21. The first-order valence-corrected chi connectivity index (χ1v) is 4.52. The highest BCUT2D eigenvalue weighted by molar-refractivity contribution is 6.33. The van der Waals surface area contributed by atoms with E-state index in [0.717, 1.165) is 6.07 Å². The van der Waals surface area contributed by atoms with Crippen LogP contribution in [0.1, 0.15) is 15.9 Å². The monoisotopic (exact) mass is 220 g/mol. The van der Waals surface area contributed by atoms with Gasteiger partial charge in [0, 0.05) is 10.6 Å². The van der Waals surface area contributed by atoms with Gasteiger partial charge in [0.15, 0.2) is 5.78 Å². The van der Waals surface area contributed by atoms with Crippen molar-refractivity contribution in [3.63, 3.8) is 0 Å². The van der Waals surface area contributed by atoms with Crippen LogP contribution in [-0.4, -0.2) is 11.7 Å². The fraction of sp³-hybridized carbons (Fsp3) is 0.222. The number of alkyl halides is 1. The van der Waals surface area contributed by atoms with Crippen molar-refractivity contribution in [1.29, 1.82) is 0 Å². The van der Waals surface area contributed by atoms with Crippen molar-refractivity contribution in [3.05, 3.63) is 34.1 Å². The van der Waals surface area contributed by atoms with Gasteiger partial charge in [-0.25, -0.2) is 4.39 Å². The molecule has 0 spiro atoms. The van der Waals surface area contributed by atoms with Gasteiger partial charge >= 0.3 is 0 Å². The number of benzene rings is 1. The van der Waals surface area contributed by atoms with Crippen molar-refractivity contribution in [1.82, 2.24) is 0 Å². The molecule has 0 aliphatic rings. The Morgan fingerprint density at radius 2 is 2.15 bits per heavy atom. The Morgan fingerprint density at radius 1 is 1.54 bits per heavy atom. The molecule has 0 N–H and O–H groups in total. The van der Waals surface area contributed by atoms with Gasteiger partial charge in [0.25, 0.3) is 0 Å². The summed E-state index contributed by atoms with van der Waals surface area (Å²) in [5.74, 6) is -1.01.